The van der Waals surface area contributed by atoms with Crippen LogP contribution in [0.25, 0.3) is 0 Å². The van der Waals surface area contributed by atoms with E-state index in [1.54, 1.807) is 11.8 Å². The summed E-state index contributed by atoms with van der Waals surface area (Å²) >= 11 is 1.59. The maximum Gasteiger partial charge on any atom is 0.221 e. The molecule has 0 aliphatic rings. The van der Waals surface area contributed by atoms with Gasteiger partial charge in [0.25, 0.3) is 0 Å². The zero-order chi connectivity index (χ0) is 14.4. The molecule has 0 aliphatic heterocycles. The summed E-state index contributed by atoms with van der Waals surface area (Å²) in [5.74, 6) is 0.522. The molecular formula is C16H17NO2S. The number of hydrogen-bond donors (Lipinski definition) is 2. The molecule has 0 spiro atoms. The molecule has 0 radical (unpaired) electrons. The molecule has 0 aromatic heterocycles. The lowest BCUT2D eigenvalue weighted by Gasteiger charge is -2.10. The summed E-state index contributed by atoms with van der Waals surface area (Å²) in [7, 11) is 0. The van der Waals surface area contributed by atoms with E-state index in [0.717, 1.165) is 16.1 Å². The van der Waals surface area contributed by atoms with E-state index in [1.807, 2.05) is 54.6 Å². The first-order chi connectivity index (χ1) is 9.65. The number of rotatable bonds is 5. The van der Waals surface area contributed by atoms with Crippen molar-refractivity contribution >= 4 is 23.4 Å². The molecule has 2 aromatic carbocycles. The van der Waals surface area contributed by atoms with Gasteiger partial charge in [0, 0.05) is 23.3 Å². The highest BCUT2D eigenvalue weighted by Gasteiger charge is 2.07. The number of benzene rings is 2. The van der Waals surface area contributed by atoms with E-state index < -0.39 is 6.10 Å². The molecule has 104 valence electrons. The Morgan fingerprint density at radius 3 is 2.40 bits per heavy atom. The molecule has 2 aromatic rings. The van der Waals surface area contributed by atoms with Crippen molar-refractivity contribution in [3.8, 4) is 0 Å². The minimum absolute atomic E-state index is 0.0788. The van der Waals surface area contributed by atoms with E-state index in [9.17, 15) is 9.90 Å². The molecule has 2 rings (SSSR count). The first-order valence-corrected chi connectivity index (χ1v) is 7.37. The van der Waals surface area contributed by atoms with Crippen molar-refractivity contribution in [2.24, 2.45) is 0 Å². The van der Waals surface area contributed by atoms with Crippen molar-refractivity contribution in [2.75, 3.05) is 11.1 Å². The molecule has 1 amide bonds. The molecule has 0 bridgehead atoms. The van der Waals surface area contributed by atoms with Gasteiger partial charge in [-0.05, 0) is 29.8 Å². The predicted octanol–water partition coefficient (Wildman–Crippen LogP) is 3.47. The lowest BCUT2D eigenvalue weighted by molar-refractivity contribution is -0.114. The third kappa shape index (κ3) is 4.40. The number of aliphatic hydroxyl groups excluding tert-OH is 1. The van der Waals surface area contributed by atoms with Gasteiger partial charge in [-0.15, -0.1) is 11.8 Å². The summed E-state index contributed by atoms with van der Waals surface area (Å²) in [5.41, 5.74) is 1.71. The van der Waals surface area contributed by atoms with Crippen molar-refractivity contribution in [2.45, 2.75) is 17.9 Å². The van der Waals surface area contributed by atoms with Gasteiger partial charge < -0.3 is 10.4 Å². The topological polar surface area (TPSA) is 49.3 Å². The van der Waals surface area contributed by atoms with E-state index >= 15 is 0 Å². The number of amides is 1. The van der Waals surface area contributed by atoms with Crippen molar-refractivity contribution in [3.63, 3.8) is 0 Å². The second kappa shape index (κ2) is 7.12. The van der Waals surface area contributed by atoms with Gasteiger partial charge in [0.1, 0.15) is 0 Å². The molecule has 20 heavy (non-hydrogen) atoms. The molecule has 1 atom stereocenters. The molecule has 0 aliphatic carbocycles. The number of carbonyl (C=O) groups excluding carboxylic acids is 1. The minimum atomic E-state index is -0.476. The number of carbonyl (C=O) groups is 1. The lowest BCUT2D eigenvalue weighted by Crippen LogP contribution is -2.05. The predicted molar refractivity (Wildman–Crippen MR) is 82.9 cm³/mol. The van der Waals surface area contributed by atoms with Crippen molar-refractivity contribution < 1.29 is 9.90 Å². The van der Waals surface area contributed by atoms with Crippen LogP contribution in [0.2, 0.25) is 0 Å². The average Bonchev–Trinajstić information content (AvgIpc) is 2.46. The van der Waals surface area contributed by atoms with Crippen LogP contribution in [0.3, 0.4) is 0 Å². The summed E-state index contributed by atoms with van der Waals surface area (Å²) in [5, 5.41) is 12.8. The van der Waals surface area contributed by atoms with Crippen LogP contribution in [0.5, 0.6) is 0 Å². The Hall–Kier alpha value is -1.78. The SMILES string of the molecule is CC(=O)Nc1ccc(SCC(O)c2ccccc2)cc1. The van der Waals surface area contributed by atoms with E-state index in [2.05, 4.69) is 5.32 Å². The largest absolute Gasteiger partial charge is 0.388 e. The van der Waals surface area contributed by atoms with E-state index in [4.69, 9.17) is 0 Å². The number of thioether (sulfide) groups is 1. The first-order valence-electron chi connectivity index (χ1n) is 6.38. The van der Waals surface area contributed by atoms with Crippen molar-refractivity contribution in [1.82, 2.24) is 0 Å². The zero-order valence-electron chi connectivity index (χ0n) is 11.2. The summed E-state index contributed by atoms with van der Waals surface area (Å²) in [6.07, 6.45) is -0.476. The van der Waals surface area contributed by atoms with Gasteiger partial charge in [0.15, 0.2) is 0 Å². The van der Waals surface area contributed by atoms with Crippen molar-refractivity contribution in [3.05, 3.63) is 60.2 Å². The molecular weight excluding hydrogens is 270 g/mol. The molecule has 0 saturated heterocycles. The van der Waals surface area contributed by atoms with Crippen LogP contribution in [0.15, 0.2) is 59.5 Å². The fourth-order valence-electron chi connectivity index (χ4n) is 1.78. The average molecular weight is 287 g/mol. The third-order valence-electron chi connectivity index (χ3n) is 2.77. The van der Waals surface area contributed by atoms with Gasteiger partial charge in [-0.1, -0.05) is 30.3 Å². The number of nitrogens with one attached hydrogen (secondary N) is 1. The van der Waals surface area contributed by atoms with E-state index in [-0.39, 0.29) is 5.91 Å². The summed E-state index contributed by atoms with van der Waals surface area (Å²) in [6, 6.07) is 17.2. The van der Waals surface area contributed by atoms with Gasteiger partial charge in [0.05, 0.1) is 6.10 Å². The van der Waals surface area contributed by atoms with Gasteiger partial charge in [-0.25, -0.2) is 0 Å². The minimum Gasteiger partial charge on any atom is -0.388 e. The highest BCUT2D eigenvalue weighted by Crippen LogP contribution is 2.25. The standard InChI is InChI=1S/C16H17NO2S/c1-12(18)17-14-7-9-15(10-8-14)20-11-16(19)13-5-3-2-4-6-13/h2-10,16,19H,11H2,1H3,(H,17,18). The van der Waals surface area contributed by atoms with Crippen LogP contribution in [0.4, 0.5) is 5.69 Å². The maximum atomic E-state index is 10.9. The molecule has 3 nitrogen and oxygen atoms in total. The Morgan fingerprint density at radius 2 is 1.80 bits per heavy atom. The monoisotopic (exact) mass is 287 g/mol. The van der Waals surface area contributed by atoms with Gasteiger partial charge in [0.2, 0.25) is 5.91 Å². The van der Waals surface area contributed by atoms with E-state index in [1.165, 1.54) is 6.92 Å². The first kappa shape index (κ1) is 14.6. The Balaban J connectivity index is 1.89. The smallest absolute Gasteiger partial charge is 0.221 e. The fourth-order valence-corrected chi connectivity index (χ4v) is 2.66. The molecule has 0 fully saturated rings. The van der Waals surface area contributed by atoms with E-state index in [0.29, 0.717) is 5.75 Å². The van der Waals surface area contributed by atoms with Crippen LogP contribution < -0.4 is 5.32 Å². The summed E-state index contributed by atoms with van der Waals surface area (Å²) < 4.78 is 0. The molecule has 2 N–H and O–H groups in total. The van der Waals surface area contributed by atoms with Crippen LogP contribution >= 0.6 is 11.8 Å². The summed E-state index contributed by atoms with van der Waals surface area (Å²) in [4.78, 5) is 12.0. The normalized spacial score (nSPS) is 11.9. The molecule has 1 unspecified atom stereocenters. The highest BCUT2D eigenvalue weighted by atomic mass is 32.2. The number of aliphatic hydroxyl groups is 1. The Bertz CT molecular complexity index is 554. The van der Waals surface area contributed by atoms with Crippen LogP contribution in [0, 0.1) is 0 Å². The van der Waals surface area contributed by atoms with Crippen LogP contribution in [-0.2, 0) is 4.79 Å². The quantitative estimate of drug-likeness (QED) is 0.828. The number of anilines is 1. The second-order valence-electron chi connectivity index (χ2n) is 4.44. The Kier molecular flexibility index (Phi) is 5.21. The Labute approximate surface area is 123 Å². The molecule has 4 heteroatoms. The fraction of sp³-hybridized carbons (Fsp3) is 0.188. The molecule has 0 heterocycles. The third-order valence-corrected chi connectivity index (χ3v) is 3.85. The second-order valence-corrected chi connectivity index (χ2v) is 5.54. The van der Waals surface area contributed by atoms with Gasteiger partial charge in [-0.3, -0.25) is 4.79 Å². The maximum absolute atomic E-state index is 10.9. The van der Waals surface area contributed by atoms with Crippen LogP contribution in [-0.4, -0.2) is 16.8 Å². The number of hydrogen-bond acceptors (Lipinski definition) is 3. The zero-order valence-corrected chi connectivity index (χ0v) is 12.1. The highest BCUT2D eigenvalue weighted by molar-refractivity contribution is 7.99. The Morgan fingerprint density at radius 1 is 1.15 bits per heavy atom. The lowest BCUT2D eigenvalue weighted by atomic mass is 10.1. The van der Waals surface area contributed by atoms with Gasteiger partial charge >= 0.3 is 0 Å². The molecule has 0 saturated carbocycles. The van der Waals surface area contributed by atoms with Crippen LogP contribution in [0.1, 0.15) is 18.6 Å². The van der Waals surface area contributed by atoms with Gasteiger partial charge in [-0.2, -0.15) is 0 Å². The summed E-state index contributed by atoms with van der Waals surface area (Å²) in [6.45, 7) is 1.48. The van der Waals surface area contributed by atoms with Crippen molar-refractivity contribution in [1.29, 1.82) is 0 Å².